The molecule has 1 N–H and O–H groups in total. The molecule has 2 aliphatic heterocycles. The molecule has 0 spiro atoms. The van der Waals surface area contributed by atoms with Crippen molar-refractivity contribution in [2.75, 3.05) is 39.3 Å². The van der Waals surface area contributed by atoms with Gasteiger partial charge in [-0.05, 0) is 43.9 Å². The number of piperidine rings is 1. The average molecular weight is 433 g/mol. The van der Waals surface area contributed by atoms with Gasteiger partial charge in [-0.15, -0.1) is 0 Å². The van der Waals surface area contributed by atoms with Crippen LogP contribution < -0.4 is 5.32 Å². The fourth-order valence-corrected chi connectivity index (χ4v) is 4.04. The topological polar surface area (TPSA) is 52.7 Å². The summed E-state index contributed by atoms with van der Waals surface area (Å²) in [4.78, 5) is 27.6. The van der Waals surface area contributed by atoms with Gasteiger partial charge in [-0.25, -0.2) is 8.78 Å². The van der Waals surface area contributed by atoms with Crippen LogP contribution >= 0.6 is 0 Å². The Hall–Kier alpha value is -2.23. The van der Waals surface area contributed by atoms with Gasteiger partial charge in [-0.1, -0.05) is 0 Å². The Bertz CT molecular complexity index is 778. The van der Waals surface area contributed by atoms with Crippen molar-refractivity contribution >= 4 is 11.8 Å². The van der Waals surface area contributed by atoms with Crippen molar-refractivity contribution in [3.8, 4) is 0 Å². The van der Waals surface area contributed by atoms with Crippen LogP contribution in [0.3, 0.4) is 0 Å². The summed E-state index contributed by atoms with van der Waals surface area (Å²) < 4.78 is 64.2. The molecule has 5 nitrogen and oxygen atoms in total. The number of nitrogens with zero attached hydrogens (tertiary/aromatic N) is 2. The molecular formula is C20H24F5N3O2. The molecule has 0 aliphatic carbocycles. The lowest BCUT2D eigenvalue weighted by molar-refractivity contribution is -0.143. The summed E-state index contributed by atoms with van der Waals surface area (Å²) in [6, 6.07) is 2.79. The second-order valence-corrected chi connectivity index (χ2v) is 7.94. The maximum Gasteiger partial charge on any atom is 0.401 e. The highest BCUT2D eigenvalue weighted by molar-refractivity contribution is 5.94. The molecule has 10 heteroatoms. The van der Waals surface area contributed by atoms with Crippen LogP contribution in [0.5, 0.6) is 0 Å². The number of carbonyl (C=O) groups is 2. The minimum atomic E-state index is -4.22. The normalized spacial score (nSPS) is 21.1. The van der Waals surface area contributed by atoms with E-state index in [-0.39, 0.29) is 36.4 Å². The Labute approximate surface area is 171 Å². The Morgan fingerprint density at radius 3 is 2.40 bits per heavy atom. The van der Waals surface area contributed by atoms with Gasteiger partial charge in [0.25, 0.3) is 5.91 Å². The van der Waals surface area contributed by atoms with E-state index in [1.54, 1.807) is 0 Å². The highest BCUT2D eigenvalue weighted by Crippen LogP contribution is 2.23. The van der Waals surface area contributed by atoms with Gasteiger partial charge in [0.15, 0.2) is 0 Å². The molecule has 2 amide bonds. The molecule has 0 radical (unpaired) electrons. The molecule has 2 aliphatic rings. The second-order valence-electron chi connectivity index (χ2n) is 7.94. The van der Waals surface area contributed by atoms with Crippen LogP contribution in [0.15, 0.2) is 18.2 Å². The standard InChI is InChI=1S/C20H24F5N3O2/c21-15-1-2-16(17(22)9-15)19(30)28-7-4-14(5-8-28)18(29)26-10-13-3-6-27(11-13)12-20(23,24)25/h1-2,9,13-14H,3-8,10-12H2,(H,26,29)/t13-/m1/s1. The highest BCUT2D eigenvalue weighted by Gasteiger charge is 2.35. The van der Waals surface area contributed by atoms with E-state index in [9.17, 15) is 31.5 Å². The van der Waals surface area contributed by atoms with Gasteiger partial charge >= 0.3 is 6.18 Å². The van der Waals surface area contributed by atoms with Gasteiger partial charge in [0.1, 0.15) is 11.6 Å². The molecule has 0 saturated carbocycles. The van der Waals surface area contributed by atoms with Crippen molar-refractivity contribution in [2.24, 2.45) is 11.8 Å². The number of likely N-dealkylation sites (tertiary alicyclic amines) is 2. The fraction of sp³-hybridized carbons (Fsp3) is 0.600. The number of amides is 2. The summed E-state index contributed by atoms with van der Waals surface area (Å²) in [6.07, 6.45) is -2.80. The van der Waals surface area contributed by atoms with Crippen molar-refractivity contribution in [2.45, 2.75) is 25.4 Å². The van der Waals surface area contributed by atoms with E-state index in [1.165, 1.54) is 9.80 Å². The summed E-state index contributed by atoms with van der Waals surface area (Å²) in [5.41, 5.74) is -0.205. The summed E-state index contributed by atoms with van der Waals surface area (Å²) in [5, 5.41) is 2.82. The third kappa shape index (κ3) is 5.90. The van der Waals surface area contributed by atoms with E-state index in [4.69, 9.17) is 0 Å². The van der Waals surface area contributed by atoms with Crippen LogP contribution in [0, 0.1) is 23.5 Å². The quantitative estimate of drug-likeness (QED) is 0.727. The molecule has 1 aromatic carbocycles. The SMILES string of the molecule is O=C(NC[C@H]1CCN(CC(F)(F)F)C1)C1CCN(C(=O)c2ccc(F)cc2F)CC1. The molecule has 0 aromatic heterocycles. The first-order valence-corrected chi connectivity index (χ1v) is 9.93. The predicted octanol–water partition coefficient (Wildman–Crippen LogP) is 2.82. The number of hydrogen-bond acceptors (Lipinski definition) is 3. The number of hydrogen-bond donors (Lipinski definition) is 1. The lowest BCUT2D eigenvalue weighted by atomic mass is 9.95. The zero-order valence-corrected chi connectivity index (χ0v) is 16.4. The molecule has 2 saturated heterocycles. The average Bonchev–Trinajstić information content (AvgIpc) is 3.11. The summed E-state index contributed by atoms with van der Waals surface area (Å²) in [6.45, 7) is 0.606. The van der Waals surface area contributed by atoms with Gasteiger partial charge in [0.2, 0.25) is 5.91 Å². The molecular weight excluding hydrogens is 409 g/mol. The maximum absolute atomic E-state index is 13.8. The zero-order chi connectivity index (χ0) is 21.9. The number of halogens is 5. The van der Waals surface area contributed by atoms with Crippen LogP contribution in [-0.4, -0.2) is 67.1 Å². The number of benzene rings is 1. The van der Waals surface area contributed by atoms with Crippen molar-refractivity contribution in [1.82, 2.24) is 15.1 Å². The second kappa shape index (κ2) is 9.28. The largest absolute Gasteiger partial charge is 0.401 e. The van der Waals surface area contributed by atoms with E-state index in [0.29, 0.717) is 45.0 Å². The first-order valence-electron chi connectivity index (χ1n) is 9.93. The Balaban J connectivity index is 1.42. The van der Waals surface area contributed by atoms with Crippen molar-refractivity contribution in [3.05, 3.63) is 35.4 Å². The highest BCUT2D eigenvalue weighted by atomic mass is 19.4. The third-order valence-corrected chi connectivity index (χ3v) is 5.65. The van der Waals surface area contributed by atoms with Crippen LogP contribution in [0.25, 0.3) is 0 Å². The van der Waals surface area contributed by atoms with Crippen LogP contribution in [-0.2, 0) is 4.79 Å². The van der Waals surface area contributed by atoms with Crippen LogP contribution in [0.1, 0.15) is 29.6 Å². The monoisotopic (exact) mass is 433 g/mol. The van der Waals surface area contributed by atoms with Gasteiger partial charge < -0.3 is 10.2 Å². The predicted molar refractivity (Wildman–Crippen MR) is 98.6 cm³/mol. The van der Waals surface area contributed by atoms with E-state index in [0.717, 1.165) is 12.1 Å². The molecule has 0 unspecified atom stereocenters. The van der Waals surface area contributed by atoms with E-state index < -0.39 is 30.3 Å². The Kier molecular flexibility index (Phi) is 6.95. The molecule has 3 rings (SSSR count). The summed E-state index contributed by atoms with van der Waals surface area (Å²) in [7, 11) is 0. The van der Waals surface area contributed by atoms with E-state index in [1.807, 2.05) is 0 Å². The summed E-state index contributed by atoms with van der Waals surface area (Å²) in [5.74, 6) is -2.72. The van der Waals surface area contributed by atoms with Crippen LogP contribution in [0.4, 0.5) is 22.0 Å². The third-order valence-electron chi connectivity index (χ3n) is 5.65. The fourth-order valence-electron chi connectivity index (χ4n) is 4.04. The molecule has 166 valence electrons. The van der Waals surface area contributed by atoms with E-state index in [2.05, 4.69) is 5.32 Å². The summed E-state index contributed by atoms with van der Waals surface area (Å²) >= 11 is 0. The zero-order valence-electron chi connectivity index (χ0n) is 16.4. The Morgan fingerprint density at radius 2 is 1.77 bits per heavy atom. The number of carbonyl (C=O) groups excluding carboxylic acids is 2. The van der Waals surface area contributed by atoms with Gasteiger partial charge in [0, 0.05) is 38.2 Å². The van der Waals surface area contributed by atoms with Crippen LogP contribution in [0.2, 0.25) is 0 Å². The first-order chi connectivity index (χ1) is 14.1. The molecule has 30 heavy (non-hydrogen) atoms. The minimum absolute atomic E-state index is 0.0144. The number of nitrogens with one attached hydrogen (secondary N) is 1. The van der Waals surface area contributed by atoms with Gasteiger partial charge in [-0.2, -0.15) is 13.2 Å². The Morgan fingerprint density at radius 1 is 1.07 bits per heavy atom. The smallest absolute Gasteiger partial charge is 0.356 e. The molecule has 1 aromatic rings. The van der Waals surface area contributed by atoms with Crippen molar-refractivity contribution < 1.29 is 31.5 Å². The molecule has 2 heterocycles. The van der Waals surface area contributed by atoms with Gasteiger partial charge in [0.05, 0.1) is 12.1 Å². The first kappa shape index (κ1) is 22.5. The number of rotatable bonds is 5. The lowest BCUT2D eigenvalue weighted by Crippen LogP contribution is -2.44. The minimum Gasteiger partial charge on any atom is -0.356 e. The van der Waals surface area contributed by atoms with E-state index >= 15 is 0 Å². The number of alkyl halides is 3. The van der Waals surface area contributed by atoms with Crippen molar-refractivity contribution in [3.63, 3.8) is 0 Å². The molecule has 0 bridgehead atoms. The van der Waals surface area contributed by atoms with Crippen molar-refractivity contribution in [1.29, 1.82) is 0 Å². The maximum atomic E-state index is 13.8. The molecule has 2 fully saturated rings. The lowest BCUT2D eigenvalue weighted by Gasteiger charge is -2.31. The molecule has 1 atom stereocenters. The van der Waals surface area contributed by atoms with Gasteiger partial charge in [-0.3, -0.25) is 14.5 Å².